The number of Topliss-reactive ketones (excluding diaryl/α,β-unsaturated/α-hetero) is 1. The van der Waals surface area contributed by atoms with Crippen LogP contribution in [0.15, 0.2) is 0 Å². The van der Waals surface area contributed by atoms with E-state index in [4.69, 9.17) is 4.74 Å². The quantitative estimate of drug-likeness (QED) is 0.835. The van der Waals surface area contributed by atoms with Crippen LogP contribution in [0.3, 0.4) is 0 Å². The maximum absolute atomic E-state index is 11.6. The number of aryl methyl sites for hydroxylation is 1. The Kier molecular flexibility index (Phi) is 4.90. The summed E-state index contributed by atoms with van der Waals surface area (Å²) in [6.45, 7) is 10.1. The number of likely N-dealkylation sites (N-methyl/N-ethyl adjacent to an activating group) is 1. The van der Waals surface area contributed by atoms with Crippen LogP contribution < -0.4 is 5.32 Å². The van der Waals surface area contributed by atoms with Gasteiger partial charge in [0.25, 0.3) is 0 Å². The van der Waals surface area contributed by atoms with E-state index in [1.807, 2.05) is 6.92 Å². The molecule has 1 saturated heterocycles. The Morgan fingerprint density at radius 1 is 1.63 bits per heavy atom. The van der Waals surface area contributed by atoms with E-state index < -0.39 is 0 Å². The van der Waals surface area contributed by atoms with Crippen molar-refractivity contribution >= 4 is 22.3 Å². The van der Waals surface area contributed by atoms with E-state index in [9.17, 15) is 4.79 Å². The fraction of sp³-hybridized carbons (Fsp3) is 0.692. The second-order valence-electron chi connectivity index (χ2n) is 4.80. The average molecular weight is 283 g/mol. The molecule has 1 N–H and O–H groups in total. The van der Waals surface area contributed by atoms with Crippen LogP contribution in [0.1, 0.15) is 29.9 Å². The van der Waals surface area contributed by atoms with Crippen molar-refractivity contribution in [1.82, 2.24) is 9.27 Å². The summed E-state index contributed by atoms with van der Waals surface area (Å²) in [5.41, 5.74) is 1.52. The van der Waals surface area contributed by atoms with Crippen LogP contribution in [0, 0.1) is 6.92 Å². The molecule has 2 heterocycles. The highest BCUT2D eigenvalue weighted by Gasteiger charge is 2.21. The lowest BCUT2D eigenvalue weighted by atomic mass is 10.2. The van der Waals surface area contributed by atoms with E-state index in [2.05, 4.69) is 21.5 Å². The number of ketones is 1. The summed E-state index contributed by atoms with van der Waals surface area (Å²) in [6.07, 6.45) is 0.177. The van der Waals surface area contributed by atoms with Gasteiger partial charge in [-0.2, -0.15) is 4.37 Å². The van der Waals surface area contributed by atoms with Crippen molar-refractivity contribution in [2.24, 2.45) is 0 Å². The third-order valence-corrected chi connectivity index (χ3v) is 4.27. The van der Waals surface area contributed by atoms with Gasteiger partial charge in [0.2, 0.25) is 0 Å². The summed E-state index contributed by atoms with van der Waals surface area (Å²) in [6, 6.07) is 0. The standard InChI is InChI=1S/C13H21N3O2S/c1-4-16-5-6-18-11(8-16)7-14-13-12(10(3)17)9(2)15-19-13/h11,14H,4-8H2,1-3H3. The number of anilines is 1. The second kappa shape index (κ2) is 6.45. The zero-order chi connectivity index (χ0) is 13.8. The smallest absolute Gasteiger partial charge is 0.164 e. The molecular weight excluding hydrogens is 262 g/mol. The molecule has 6 heteroatoms. The number of morpholine rings is 1. The Bertz CT molecular complexity index is 447. The van der Waals surface area contributed by atoms with Crippen LogP contribution in [0.4, 0.5) is 5.00 Å². The Hall–Kier alpha value is -0.980. The summed E-state index contributed by atoms with van der Waals surface area (Å²) in [5.74, 6) is 0.0634. The Balaban J connectivity index is 1.93. The maximum Gasteiger partial charge on any atom is 0.164 e. The molecule has 1 atom stereocenters. The topological polar surface area (TPSA) is 54.5 Å². The number of nitrogens with zero attached hydrogens (tertiary/aromatic N) is 2. The number of carbonyl (C=O) groups excluding carboxylic acids is 1. The van der Waals surface area contributed by atoms with Gasteiger partial charge in [-0.25, -0.2) is 0 Å². The molecule has 0 spiro atoms. The van der Waals surface area contributed by atoms with Gasteiger partial charge in [-0.05, 0) is 31.9 Å². The van der Waals surface area contributed by atoms with Gasteiger partial charge < -0.3 is 10.1 Å². The summed E-state index contributed by atoms with van der Waals surface area (Å²) in [5, 5.41) is 4.18. The molecule has 0 aliphatic carbocycles. The van der Waals surface area contributed by atoms with E-state index in [0.29, 0.717) is 5.56 Å². The first-order chi connectivity index (χ1) is 9.11. The lowest BCUT2D eigenvalue weighted by molar-refractivity contribution is -0.0191. The predicted octanol–water partition coefficient (Wildman–Crippen LogP) is 1.79. The van der Waals surface area contributed by atoms with Crippen LogP contribution in [0.5, 0.6) is 0 Å². The molecule has 0 radical (unpaired) electrons. The van der Waals surface area contributed by atoms with Gasteiger partial charge in [0, 0.05) is 19.6 Å². The number of aromatic nitrogens is 1. The van der Waals surface area contributed by atoms with E-state index in [0.717, 1.165) is 43.5 Å². The zero-order valence-electron chi connectivity index (χ0n) is 11.7. The summed E-state index contributed by atoms with van der Waals surface area (Å²) < 4.78 is 9.97. The number of rotatable bonds is 5. The third kappa shape index (κ3) is 3.52. The van der Waals surface area contributed by atoms with Gasteiger partial charge in [-0.1, -0.05) is 6.92 Å². The minimum Gasteiger partial charge on any atom is -0.374 e. The molecule has 1 unspecified atom stereocenters. The molecule has 1 aliphatic rings. The Labute approximate surface area is 118 Å². The number of hydrogen-bond donors (Lipinski definition) is 1. The minimum atomic E-state index is 0.0634. The lowest BCUT2D eigenvalue weighted by Crippen LogP contribution is -2.45. The first-order valence-corrected chi connectivity index (χ1v) is 7.44. The molecule has 0 bridgehead atoms. The van der Waals surface area contributed by atoms with Crippen molar-refractivity contribution in [3.8, 4) is 0 Å². The fourth-order valence-corrected chi connectivity index (χ4v) is 3.15. The monoisotopic (exact) mass is 283 g/mol. The SMILES string of the molecule is CCN1CCOC(CNc2snc(C)c2C(C)=O)C1. The molecule has 1 aliphatic heterocycles. The Morgan fingerprint density at radius 2 is 2.42 bits per heavy atom. The Morgan fingerprint density at radius 3 is 3.11 bits per heavy atom. The van der Waals surface area contributed by atoms with E-state index >= 15 is 0 Å². The largest absolute Gasteiger partial charge is 0.374 e. The van der Waals surface area contributed by atoms with Crippen molar-refractivity contribution in [1.29, 1.82) is 0 Å². The predicted molar refractivity (Wildman–Crippen MR) is 77.2 cm³/mol. The minimum absolute atomic E-state index is 0.0634. The first-order valence-electron chi connectivity index (χ1n) is 6.66. The van der Waals surface area contributed by atoms with Crippen LogP contribution in [-0.4, -0.2) is 53.9 Å². The van der Waals surface area contributed by atoms with Crippen molar-refractivity contribution in [2.45, 2.75) is 26.9 Å². The molecule has 0 saturated carbocycles. The average Bonchev–Trinajstić information content (AvgIpc) is 2.78. The van der Waals surface area contributed by atoms with Crippen LogP contribution in [-0.2, 0) is 4.74 Å². The van der Waals surface area contributed by atoms with Crippen molar-refractivity contribution in [2.75, 3.05) is 38.1 Å². The first kappa shape index (κ1) is 14.4. The highest BCUT2D eigenvalue weighted by Crippen LogP contribution is 2.25. The van der Waals surface area contributed by atoms with Crippen molar-refractivity contribution in [3.05, 3.63) is 11.3 Å². The maximum atomic E-state index is 11.6. The van der Waals surface area contributed by atoms with Crippen LogP contribution >= 0.6 is 11.5 Å². The zero-order valence-corrected chi connectivity index (χ0v) is 12.5. The summed E-state index contributed by atoms with van der Waals surface area (Å²) >= 11 is 1.35. The number of hydrogen-bond acceptors (Lipinski definition) is 6. The van der Waals surface area contributed by atoms with Crippen molar-refractivity contribution in [3.63, 3.8) is 0 Å². The third-order valence-electron chi connectivity index (χ3n) is 3.38. The van der Waals surface area contributed by atoms with Crippen LogP contribution in [0.2, 0.25) is 0 Å². The normalized spacial score (nSPS) is 20.5. The number of nitrogens with one attached hydrogen (secondary N) is 1. The van der Waals surface area contributed by atoms with E-state index in [1.54, 1.807) is 6.92 Å². The molecule has 106 valence electrons. The summed E-state index contributed by atoms with van der Waals surface area (Å²) in [4.78, 5) is 14.0. The number of carbonyl (C=O) groups is 1. The molecule has 2 rings (SSSR count). The van der Waals surface area contributed by atoms with Crippen LogP contribution in [0.25, 0.3) is 0 Å². The highest BCUT2D eigenvalue weighted by molar-refractivity contribution is 7.10. The molecule has 1 aromatic heterocycles. The fourth-order valence-electron chi connectivity index (χ4n) is 2.30. The molecule has 1 fully saturated rings. The molecule has 5 nitrogen and oxygen atoms in total. The van der Waals surface area contributed by atoms with Gasteiger partial charge in [0.1, 0.15) is 5.00 Å². The molecular formula is C13H21N3O2S. The lowest BCUT2D eigenvalue weighted by Gasteiger charge is -2.32. The van der Waals surface area contributed by atoms with Gasteiger partial charge in [-0.3, -0.25) is 9.69 Å². The van der Waals surface area contributed by atoms with Gasteiger partial charge in [0.15, 0.2) is 5.78 Å². The summed E-state index contributed by atoms with van der Waals surface area (Å²) in [7, 11) is 0. The molecule has 0 amide bonds. The molecule has 1 aromatic rings. The highest BCUT2D eigenvalue weighted by atomic mass is 32.1. The van der Waals surface area contributed by atoms with Gasteiger partial charge in [-0.15, -0.1) is 0 Å². The van der Waals surface area contributed by atoms with E-state index in [1.165, 1.54) is 11.5 Å². The van der Waals surface area contributed by atoms with Crippen molar-refractivity contribution < 1.29 is 9.53 Å². The molecule has 0 aromatic carbocycles. The number of ether oxygens (including phenoxy) is 1. The molecule has 19 heavy (non-hydrogen) atoms. The van der Waals surface area contributed by atoms with Gasteiger partial charge in [0.05, 0.1) is 24.0 Å². The second-order valence-corrected chi connectivity index (χ2v) is 5.57. The van der Waals surface area contributed by atoms with E-state index in [-0.39, 0.29) is 11.9 Å². The van der Waals surface area contributed by atoms with Gasteiger partial charge >= 0.3 is 0 Å².